The largest absolute Gasteiger partial charge is 0.397 e. The Labute approximate surface area is 124 Å². The number of nitrogens with one attached hydrogen (secondary N) is 1. The number of anilines is 1. The highest BCUT2D eigenvalue weighted by Crippen LogP contribution is 2.45. The Morgan fingerprint density at radius 2 is 2.21 bits per heavy atom. The van der Waals surface area contributed by atoms with Gasteiger partial charge in [-0.2, -0.15) is 0 Å². The lowest BCUT2D eigenvalue weighted by atomic mass is 10.2. The summed E-state index contributed by atoms with van der Waals surface area (Å²) < 4.78 is 2.03. The van der Waals surface area contributed by atoms with Crippen LogP contribution >= 0.6 is 27.3 Å². The Balaban J connectivity index is 1.92. The molecular formula is C14H15BrN2OS. The van der Waals surface area contributed by atoms with Crippen LogP contribution in [0.15, 0.2) is 22.7 Å². The van der Waals surface area contributed by atoms with Gasteiger partial charge < -0.3 is 11.1 Å². The zero-order valence-electron chi connectivity index (χ0n) is 10.8. The van der Waals surface area contributed by atoms with Crippen LogP contribution in [-0.4, -0.2) is 11.9 Å². The standard InChI is InChI=1S/C14H15BrN2OS/c1-14(2)6-10(14)17-13(18)12-11(16)8-4-3-7(15)5-9(8)19-12/h3-5,10H,6,16H2,1-2H3,(H,17,18). The molecule has 0 aliphatic heterocycles. The fraction of sp³-hybridized carbons (Fsp3) is 0.357. The third-order valence-electron chi connectivity index (χ3n) is 3.72. The van der Waals surface area contributed by atoms with E-state index in [-0.39, 0.29) is 17.4 Å². The fourth-order valence-electron chi connectivity index (χ4n) is 2.20. The number of carbonyl (C=O) groups excluding carboxylic acids is 1. The molecule has 0 spiro atoms. The topological polar surface area (TPSA) is 55.1 Å². The quantitative estimate of drug-likeness (QED) is 0.875. The highest BCUT2D eigenvalue weighted by Gasteiger charge is 2.46. The Bertz CT molecular complexity index is 677. The van der Waals surface area contributed by atoms with E-state index in [9.17, 15) is 4.79 Å². The second kappa shape index (κ2) is 4.21. The van der Waals surface area contributed by atoms with Gasteiger partial charge in [-0.25, -0.2) is 0 Å². The van der Waals surface area contributed by atoms with Crippen molar-refractivity contribution >= 4 is 48.9 Å². The number of thiophene rings is 1. The molecule has 0 saturated heterocycles. The molecule has 19 heavy (non-hydrogen) atoms. The van der Waals surface area contributed by atoms with Crippen molar-refractivity contribution in [1.29, 1.82) is 0 Å². The van der Waals surface area contributed by atoms with Crippen molar-refractivity contribution in [2.75, 3.05) is 5.73 Å². The van der Waals surface area contributed by atoms with E-state index in [1.54, 1.807) is 0 Å². The van der Waals surface area contributed by atoms with Gasteiger partial charge in [-0.15, -0.1) is 11.3 Å². The summed E-state index contributed by atoms with van der Waals surface area (Å²) in [7, 11) is 0. The molecule has 3 nitrogen and oxygen atoms in total. The number of carbonyl (C=O) groups is 1. The van der Waals surface area contributed by atoms with E-state index in [2.05, 4.69) is 35.1 Å². The summed E-state index contributed by atoms with van der Waals surface area (Å²) in [5.74, 6) is -0.0506. The monoisotopic (exact) mass is 338 g/mol. The minimum atomic E-state index is -0.0506. The molecule has 0 radical (unpaired) electrons. The number of hydrogen-bond donors (Lipinski definition) is 2. The van der Waals surface area contributed by atoms with Gasteiger partial charge in [0.05, 0.1) is 5.69 Å². The number of fused-ring (bicyclic) bond motifs is 1. The lowest BCUT2D eigenvalue weighted by molar-refractivity contribution is 0.0951. The maximum atomic E-state index is 12.3. The first kappa shape index (κ1) is 12.9. The molecule has 3 rings (SSSR count). The summed E-state index contributed by atoms with van der Waals surface area (Å²) in [6, 6.07) is 6.16. The fourth-order valence-corrected chi connectivity index (χ4v) is 3.77. The number of halogens is 1. The molecule has 1 saturated carbocycles. The van der Waals surface area contributed by atoms with Crippen molar-refractivity contribution < 1.29 is 4.79 Å². The van der Waals surface area contributed by atoms with Crippen LogP contribution in [0.25, 0.3) is 10.1 Å². The molecule has 2 aromatic rings. The van der Waals surface area contributed by atoms with Gasteiger partial charge in [0.1, 0.15) is 4.88 Å². The van der Waals surface area contributed by atoms with Crippen LogP contribution < -0.4 is 11.1 Å². The van der Waals surface area contributed by atoms with E-state index in [0.717, 1.165) is 21.0 Å². The van der Waals surface area contributed by atoms with Crippen molar-refractivity contribution in [3.05, 3.63) is 27.5 Å². The Morgan fingerprint density at radius 3 is 2.84 bits per heavy atom. The van der Waals surface area contributed by atoms with Gasteiger partial charge in [0.2, 0.25) is 0 Å². The molecule has 5 heteroatoms. The van der Waals surface area contributed by atoms with Gasteiger partial charge in [0, 0.05) is 20.6 Å². The minimum Gasteiger partial charge on any atom is -0.397 e. The molecule has 1 aromatic heterocycles. The maximum Gasteiger partial charge on any atom is 0.263 e. The van der Waals surface area contributed by atoms with Crippen LogP contribution in [0, 0.1) is 5.41 Å². The van der Waals surface area contributed by atoms with E-state index < -0.39 is 0 Å². The molecule has 1 unspecified atom stereocenters. The Hall–Kier alpha value is -1.07. The number of nitrogens with two attached hydrogens (primary N) is 1. The summed E-state index contributed by atoms with van der Waals surface area (Å²) in [6.45, 7) is 4.31. The highest BCUT2D eigenvalue weighted by atomic mass is 79.9. The third kappa shape index (κ3) is 2.25. The molecule has 1 amide bonds. The first-order valence-electron chi connectivity index (χ1n) is 6.17. The lowest BCUT2D eigenvalue weighted by Gasteiger charge is -2.05. The number of hydrogen-bond acceptors (Lipinski definition) is 3. The van der Waals surface area contributed by atoms with Crippen molar-refractivity contribution in [3.63, 3.8) is 0 Å². The van der Waals surface area contributed by atoms with Gasteiger partial charge in [-0.05, 0) is 24.0 Å². The van der Waals surface area contributed by atoms with Gasteiger partial charge in [-0.3, -0.25) is 4.79 Å². The zero-order chi connectivity index (χ0) is 13.8. The Morgan fingerprint density at radius 1 is 1.53 bits per heavy atom. The molecule has 1 aromatic carbocycles. The molecule has 1 fully saturated rings. The van der Waals surface area contributed by atoms with Gasteiger partial charge >= 0.3 is 0 Å². The average Bonchev–Trinajstić information content (AvgIpc) is 2.78. The lowest BCUT2D eigenvalue weighted by Crippen LogP contribution is -2.28. The predicted molar refractivity (Wildman–Crippen MR) is 83.6 cm³/mol. The molecule has 1 aliphatic carbocycles. The zero-order valence-corrected chi connectivity index (χ0v) is 13.2. The van der Waals surface area contributed by atoms with Gasteiger partial charge in [0.15, 0.2) is 0 Å². The summed E-state index contributed by atoms with van der Waals surface area (Å²) in [5.41, 5.74) is 6.90. The predicted octanol–water partition coefficient (Wildman–Crippen LogP) is 3.77. The normalized spacial score (nSPS) is 20.5. The van der Waals surface area contributed by atoms with Crippen LogP contribution in [0.4, 0.5) is 5.69 Å². The maximum absolute atomic E-state index is 12.3. The van der Waals surface area contributed by atoms with Crippen molar-refractivity contribution in [2.45, 2.75) is 26.3 Å². The second-order valence-electron chi connectivity index (χ2n) is 5.70. The summed E-state index contributed by atoms with van der Waals surface area (Å²) >= 11 is 4.88. The van der Waals surface area contributed by atoms with E-state index in [4.69, 9.17) is 5.73 Å². The third-order valence-corrected chi connectivity index (χ3v) is 5.38. The van der Waals surface area contributed by atoms with E-state index in [0.29, 0.717) is 10.6 Å². The second-order valence-corrected chi connectivity index (χ2v) is 7.67. The SMILES string of the molecule is CC1(C)CC1NC(=O)c1sc2cc(Br)ccc2c1N. The average molecular weight is 339 g/mol. The van der Waals surface area contributed by atoms with Crippen LogP contribution in [-0.2, 0) is 0 Å². The van der Waals surface area contributed by atoms with E-state index in [1.807, 2.05) is 18.2 Å². The molecule has 1 atom stereocenters. The first-order chi connectivity index (χ1) is 8.88. The summed E-state index contributed by atoms with van der Waals surface area (Å²) in [4.78, 5) is 12.9. The van der Waals surface area contributed by atoms with Crippen LogP contribution in [0.2, 0.25) is 0 Å². The molecule has 3 N–H and O–H groups in total. The number of benzene rings is 1. The molecular weight excluding hydrogens is 324 g/mol. The smallest absolute Gasteiger partial charge is 0.263 e. The van der Waals surface area contributed by atoms with Gasteiger partial charge in [-0.1, -0.05) is 35.8 Å². The van der Waals surface area contributed by atoms with Crippen LogP contribution in [0.3, 0.4) is 0 Å². The van der Waals surface area contributed by atoms with Gasteiger partial charge in [0.25, 0.3) is 5.91 Å². The molecule has 100 valence electrons. The number of rotatable bonds is 2. The number of nitrogen functional groups attached to an aromatic ring is 1. The van der Waals surface area contributed by atoms with Crippen molar-refractivity contribution in [3.8, 4) is 0 Å². The van der Waals surface area contributed by atoms with Crippen LogP contribution in [0.1, 0.15) is 29.9 Å². The summed E-state index contributed by atoms with van der Waals surface area (Å²) in [5, 5.41) is 4.01. The number of amides is 1. The van der Waals surface area contributed by atoms with Crippen molar-refractivity contribution in [1.82, 2.24) is 5.32 Å². The minimum absolute atomic E-state index is 0.0506. The molecule has 0 bridgehead atoms. The van der Waals surface area contributed by atoms with Crippen LogP contribution in [0.5, 0.6) is 0 Å². The van der Waals surface area contributed by atoms with E-state index in [1.165, 1.54) is 11.3 Å². The molecule has 1 aliphatic rings. The summed E-state index contributed by atoms with van der Waals surface area (Å²) in [6.07, 6.45) is 1.04. The molecule has 1 heterocycles. The van der Waals surface area contributed by atoms with E-state index >= 15 is 0 Å². The van der Waals surface area contributed by atoms with Crippen molar-refractivity contribution in [2.24, 2.45) is 5.41 Å². The Kier molecular flexibility index (Phi) is 2.87. The highest BCUT2D eigenvalue weighted by molar-refractivity contribution is 9.10. The first-order valence-corrected chi connectivity index (χ1v) is 7.78.